The molecule has 0 aliphatic carbocycles. The van der Waals surface area contributed by atoms with E-state index in [0.717, 1.165) is 0 Å². The Hall–Kier alpha value is -2.28. The minimum atomic E-state index is -0.443. The van der Waals surface area contributed by atoms with Crippen molar-refractivity contribution in [1.82, 2.24) is 21.3 Å². The van der Waals surface area contributed by atoms with E-state index in [4.69, 9.17) is 18.9 Å². The Morgan fingerprint density at radius 2 is 0.857 bits per heavy atom. The zero-order chi connectivity index (χ0) is 20.5. The fourth-order valence-corrected chi connectivity index (χ4v) is 1.88. The maximum Gasteiger partial charge on any atom is 0.246 e. The molecule has 0 unspecified atom stereocenters. The van der Waals surface area contributed by atoms with E-state index in [2.05, 4.69) is 21.3 Å². The number of carbonyl (C=O) groups excluding carboxylic acids is 4. The molecule has 0 atom stereocenters. The van der Waals surface area contributed by atoms with E-state index in [9.17, 15) is 19.2 Å². The Morgan fingerprint density at radius 3 is 1.29 bits per heavy atom. The van der Waals surface area contributed by atoms with E-state index in [-0.39, 0.29) is 51.3 Å². The molecule has 1 aliphatic rings. The summed E-state index contributed by atoms with van der Waals surface area (Å²) in [5.41, 5.74) is 0. The van der Waals surface area contributed by atoms with E-state index >= 15 is 0 Å². The Labute approximate surface area is 163 Å². The third-order valence-electron chi connectivity index (χ3n) is 3.24. The minimum Gasteiger partial charge on any atom is -0.377 e. The molecule has 28 heavy (non-hydrogen) atoms. The number of hydrogen-bond donors (Lipinski definition) is 4. The van der Waals surface area contributed by atoms with Crippen LogP contribution < -0.4 is 21.3 Å². The summed E-state index contributed by atoms with van der Waals surface area (Å²) in [6.07, 6.45) is 0. The fraction of sp³-hybridized carbons (Fsp3) is 0.750. The van der Waals surface area contributed by atoms with Gasteiger partial charge in [0.2, 0.25) is 23.6 Å². The zero-order valence-electron chi connectivity index (χ0n) is 15.8. The Kier molecular flexibility index (Phi) is 13.4. The molecule has 0 aromatic rings. The van der Waals surface area contributed by atoms with E-state index in [0.29, 0.717) is 39.5 Å². The van der Waals surface area contributed by atoms with Gasteiger partial charge in [0.1, 0.15) is 13.2 Å². The quantitative estimate of drug-likeness (QED) is 0.325. The third kappa shape index (κ3) is 13.9. The lowest BCUT2D eigenvalue weighted by molar-refractivity contribution is -0.131. The maximum atomic E-state index is 11.6. The van der Waals surface area contributed by atoms with Gasteiger partial charge in [-0.1, -0.05) is 0 Å². The highest BCUT2D eigenvalue weighted by Gasteiger charge is 2.07. The largest absolute Gasteiger partial charge is 0.377 e. The van der Waals surface area contributed by atoms with Crippen LogP contribution in [0.5, 0.6) is 0 Å². The van der Waals surface area contributed by atoms with Gasteiger partial charge in [-0.15, -0.1) is 0 Å². The molecule has 0 bridgehead atoms. The number of nitrogens with one attached hydrogen (secondary N) is 4. The lowest BCUT2D eigenvalue weighted by atomic mass is 10.5. The average molecular weight is 404 g/mol. The van der Waals surface area contributed by atoms with Crippen molar-refractivity contribution in [3.05, 3.63) is 0 Å². The standard InChI is InChI=1S/C16H28N4O8/c21-13-9-19-15(23)11-27-7-8-28-12-16(24)20-10-14(22)18-2-4-26-6-5-25-3-1-17-13/h1-12H2,(H,17,21)(H,18,22)(H,19,23)(H,20,24). The molecule has 4 N–H and O–H groups in total. The normalized spacial score (nSPS) is 21.4. The number of carbonyl (C=O) groups is 4. The van der Waals surface area contributed by atoms with Gasteiger partial charge in [0.25, 0.3) is 0 Å². The van der Waals surface area contributed by atoms with Gasteiger partial charge >= 0.3 is 0 Å². The molecular weight excluding hydrogens is 376 g/mol. The highest BCUT2D eigenvalue weighted by molar-refractivity contribution is 5.85. The predicted molar refractivity (Wildman–Crippen MR) is 95.3 cm³/mol. The monoisotopic (exact) mass is 404 g/mol. The molecule has 1 heterocycles. The van der Waals surface area contributed by atoms with Crippen LogP contribution in [0.1, 0.15) is 0 Å². The van der Waals surface area contributed by atoms with Gasteiger partial charge in [0.15, 0.2) is 0 Å². The van der Waals surface area contributed by atoms with Gasteiger partial charge in [-0.25, -0.2) is 0 Å². The number of ether oxygens (including phenoxy) is 4. The van der Waals surface area contributed by atoms with Gasteiger partial charge in [-0.2, -0.15) is 0 Å². The molecule has 1 saturated heterocycles. The maximum absolute atomic E-state index is 11.6. The zero-order valence-corrected chi connectivity index (χ0v) is 15.8. The first-order valence-electron chi connectivity index (χ1n) is 8.95. The van der Waals surface area contributed by atoms with Gasteiger partial charge in [0.05, 0.1) is 52.7 Å². The summed E-state index contributed by atoms with van der Waals surface area (Å²) >= 11 is 0. The first-order valence-corrected chi connectivity index (χ1v) is 8.95. The van der Waals surface area contributed by atoms with Crippen molar-refractivity contribution in [2.45, 2.75) is 0 Å². The second-order valence-corrected chi connectivity index (χ2v) is 5.58. The summed E-state index contributed by atoms with van der Waals surface area (Å²) in [5, 5.41) is 10.0. The second kappa shape index (κ2) is 15.7. The summed E-state index contributed by atoms with van der Waals surface area (Å²) in [4.78, 5) is 46.2. The van der Waals surface area contributed by atoms with Crippen molar-refractivity contribution in [2.75, 3.05) is 79.0 Å². The van der Waals surface area contributed by atoms with Crippen LogP contribution in [0.2, 0.25) is 0 Å². The van der Waals surface area contributed by atoms with E-state index in [1.54, 1.807) is 0 Å². The molecule has 1 fully saturated rings. The summed E-state index contributed by atoms with van der Waals surface area (Å²) in [6.45, 7) is 1.34. The predicted octanol–water partition coefficient (Wildman–Crippen LogP) is -3.47. The fourth-order valence-electron chi connectivity index (χ4n) is 1.88. The van der Waals surface area contributed by atoms with Crippen LogP contribution in [0.25, 0.3) is 0 Å². The molecule has 1 rings (SSSR count). The molecule has 0 aromatic carbocycles. The summed E-state index contributed by atoms with van der Waals surface area (Å²) in [6, 6.07) is 0. The SMILES string of the molecule is O=C1CNC(=O)COCCOCC(=O)NCC(=O)NCCOCCOCCN1. The van der Waals surface area contributed by atoms with Crippen LogP contribution in [-0.2, 0) is 38.1 Å². The number of rotatable bonds is 0. The summed E-state index contributed by atoms with van der Waals surface area (Å²) in [7, 11) is 0. The molecule has 0 spiro atoms. The highest BCUT2D eigenvalue weighted by atomic mass is 16.5. The molecule has 1 aliphatic heterocycles. The molecule has 4 amide bonds. The molecular formula is C16H28N4O8. The van der Waals surface area contributed by atoms with Crippen LogP contribution in [0.3, 0.4) is 0 Å². The lowest BCUT2D eigenvalue weighted by Crippen LogP contribution is -2.40. The van der Waals surface area contributed by atoms with Crippen molar-refractivity contribution in [3.63, 3.8) is 0 Å². The molecule has 0 aromatic heterocycles. The van der Waals surface area contributed by atoms with Crippen molar-refractivity contribution < 1.29 is 38.1 Å². The third-order valence-corrected chi connectivity index (χ3v) is 3.24. The van der Waals surface area contributed by atoms with Crippen molar-refractivity contribution in [2.24, 2.45) is 0 Å². The van der Waals surface area contributed by atoms with Crippen LogP contribution in [0.4, 0.5) is 0 Å². The Bertz CT molecular complexity index is 459. The van der Waals surface area contributed by atoms with Gasteiger partial charge in [-0.05, 0) is 0 Å². The van der Waals surface area contributed by atoms with E-state index < -0.39 is 11.8 Å². The second-order valence-electron chi connectivity index (χ2n) is 5.58. The number of amides is 4. The lowest BCUT2D eigenvalue weighted by Gasteiger charge is -2.10. The molecule has 12 heteroatoms. The Morgan fingerprint density at radius 1 is 0.464 bits per heavy atom. The van der Waals surface area contributed by atoms with Crippen LogP contribution in [-0.4, -0.2) is 103 Å². The summed E-state index contributed by atoms with van der Waals surface area (Å²) in [5.74, 6) is -1.57. The highest BCUT2D eigenvalue weighted by Crippen LogP contribution is 1.82. The Balaban J connectivity index is 2.30. The first kappa shape index (κ1) is 23.8. The van der Waals surface area contributed by atoms with Gasteiger partial charge in [-0.3, -0.25) is 19.2 Å². The van der Waals surface area contributed by atoms with Gasteiger partial charge < -0.3 is 40.2 Å². The topological polar surface area (TPSA) is 153 Å². The minimum absolute atomic E-state index is 0.102. The van der Waals surface area contributed by atoms with Crippen LogP contribution >= 0.6 is 0 Å². The van der Waals surface area contributed by atoms with Crippen LogP contribution in [0, 0.1) is 0 Å². The average Bonchev–Trinajstić information content (AvgIpc) is 2.68. The smallest absolute Gasteiger partial charge is 0.246 e. The van der Waals surface area contributed by atoms with Gasteiger partial charge in [0, 0.05) is 13.1 Å². The number of hydrogen-bond acceptors (Lipinski definition) is 8. The van der Waals surface area contributed by atoms with Crippen molar-refractivity contribution in [1.29, 1.82) is 0 Å². The van der Waals surface area contributed by atoms with E-state index in [1.165, 1.54) is 0 Å². The molecule has 12 nitrogen and oxygen atoms in total. The first-order chi connectivity index (χ1) is 13.6. The van der Waals surface area contributed by atoms with Crippen LogP contribution in [0.15, 0.2) is 0 Å². The molecule has 0 saturated carbocycles. The van der Waals surface area contributed by atoms with Crippen molar-refractivity contribution >= 4 is 23.6 Å². The molecule has 0 radical (unpaired) electrons. The van der Waals surface area contributed by atoms with E-state index in [1.807, 2.05) is 0 Å². The van der Waals surface area contributed by atoms with Crippen molar-refractivity contribution in [3.8, 4) is 0 Å². The molecule has 160 valence electrons. The summed E-state index contributed by atoms with van der Waals surface area (Å²) < 4.78 is 20.7.